The SMILES string of the molecule is CC(C)c1ccc(CN2C[C@@H](C)[C@H](c3nc4c(cnn4C4CCCC4)c(=O)[nH]3)C2)cc1. The molecule has 6 heteroatoms. The molecule has 0 unspecified atom stereocenters. The number of H-pyrrole nitrogens is 1. The first-order chi connectivity index (χ1) is 15.0. The Morgan fingerprint density at radius 3 is 2.58 bits per heavy atom. The summed E-state index contributed by atoms with van der Waals surface area (Å²) in [7, 11) is 0. The van der Waals surface area contributed by atoms with Crippen molar-refractivity contribution in [3.05, 3.63) is 57.8 Å². The highest BCUT2D eigenvalue weighted by Crippen LogP contribution is 2.33. The molecule has 5 rings (SSSR count). The zero-order valence-electron chi connectivity index (χ0n) is 18.8. The number of rotatable bonds is 5. The number of hydrogen-bond acceptors (Lipinski definition) is 4. The second kappa shape index (κ2) is 8.23. The molecule has 6 nitrogen and oxygen atoms in total. The third-order valence-electron chi connectivity index (χ3n) is 7.24. The van der Waals surface area contributed by atoms with E-state index in [1.807, 2.05) is 4.68 Å². The average molecular weight is 420 g/mol. The molecule has 31 heavy (non-hydrogen) atoms. The molecule has 0 amide bonds. The van der Waals surface area contributed by atoms with Crippen molar-refractivity contribution in [1.29, 1.82) is 0 Å². The van der Waals surface area contributed by atoms with Gasteiger partial charge in [-0.15, -0.1) is 0 Å². The van der Waals surface area contributed by atoms with E-state index in [1.54, 1.807) is 6.20 Å². The molecule has 1 saturated carbocycles. The Balaban J connectivity index is 1.37. The number of benzene rings is 1. The Labute approximate surface area is 183 Å². The van der Waals surface area contributed by atoms with E-state index in [1.165, 1.54) is 24.0 Å². The van der Waals surface area contributed by atoms with Crippen LogP contribution in [0.25, 0.3) is 11.0 Å². The molecule has 0 bridgehead atoms. The van der Waals surface area contributed by atoms with Crippen molar-refractivity contribution in [1.82, 2.24) is 24.6 Å². The Hall–Kier alpha value is -2.47. The smallest absolute Gasteiger partial charge is 0.262 e. The number of fused-ring (bicyclic) bond motifs is 1. The van der Waals surface area contributed by atoms with Crippen molar-refractivity contribution >= 4 is 11.0 Å². The van der Waals surface area contributed by atoms with Gasteiger partial charge in [-0.2, -0.15) is 5.10 Å². The van der Waals surface area contributed by atoms with E-state index in [0.717, 1.165) is 43.9 Å². The van der Waals surface area contributed by atoms with Crippen molar-refractivity contribution in [2.45, 2.75) is 70.9 Å². The van der Waals surface area contributed by atoms with Gasteiger partial charge in [-0.1, -0.05) is 57.9 Å². The van der Waals surface area contributed by atoms with Crippen molar-refractivity contribution in [2.75, 3.05) is 13.1 Å². The lowest BCUT2D eigenvalue weighted by Crippen LogP contribution is -2.21. The highest BCUT2D eigenvalue weighted by Gasteiger charge is 2.33. The van der Waals surface area contributed by atoms with E-state index >= 15 is 0 Å². The maximum Gasteiger partial charge on any atom is 0.262 e. The molecular formula is C25H33N5O. The fourth-order valence-electron chi connectivity index (χ4n) is 5.36. The third kappa shape index (κ3) is 3.93. The highest BCUT2D eigenvalue weighted by atomic mass is 16.1. The van der Waals surface area contributed by atoms with Crippen molar-refractivity contribution in [2.24, 2.45) is 5.92 Å². The van der Waals surface area contributed by atoms with E-state index in [2.05, 4.69) is 60.0 Å². The quantitative estimate of drug-likeness (QED) is 0.657. The van der Waals surface area contributed by atoms with Crippen molar-refractivity contribution in [3.8, 4) is 0 Å². The maximum atomic E-state index is 12.8. The first-order valence-electron chi connectivity index (χ1n) is 11.8. The van der Waals surface area contributed by atoms with Gasteiger partial charge in [-0.25, -0.2) is 9.67 Å². The highest BCUT2D eigenvalue weighted by molar-refractivity contribution is 5.73. The van der Waals surface area contributed by atoms with Crippen LogP contribution >= 0.6 is 0 Å². The van der Waals surface area contributed by atoms with Crippen LogP contribution in [-0.2, 0) is 6.54 Å². The summed E-state index contributed by atoms with van der Waals surface area (Å²) in [5.74, 6) is 2.06. The van der Waals surface area contributed by atoms with Crippen LogP contribution in [0.1, 0.15) is 81.3 Å². The minimum atomic E-state index is -0.0563. The largest absolute Gasteiger partial charge is 0.310 e. The van der Waals surface area contributed by atoms with Gasteiger partial charge in [-0.3, -0.25) is 9.69 Å². The number of nitrogens with zero attached hydrogens (tertiary/aromatic N) is 4. The fraction of sp³-hybridized carbons (Fsp3) is 0.560. The van der Waals surface area contributed by atoms with Gasteiger partial charge in [-0.05, 0) is 35.8 Å². The second-order valence-corrected chi connectivity index (χ2v) is 9.89. The summed E-state index contributed by atoms with van der Waals surface area (Å²) in [6, 6.07) is 9.37. The first kappa shape index (κ1) is 20.4. The lowest BCUT2D eigenvalue weighted by Gasteiger charge is -2.17. The van der Waals surface area contributed by atoms with Crippen LogP contribution in [0, 0.1) is 5.92 Å². The standard InChI is InChI=1S/C25H33N5O/c1-16(2)19-10-8-18(9-11-19)14-29-13-17(3)22(15-29)23-27-24-21(25(31)28-23)12-26-30(24)20-6-4-5-7-20/h8-12,16-17,20,22H,4-7,13-15H2,1-3H3,(H,27,28,31)/t17-,22-/m1/s1. The molecule has 0 spiro atoms. The van der Waals surface area contributed by atoms with Crippen LogP contribution in [-0.4, -0.2) is 37.7 Å². The molecular weight excluding hydrogens is 386 g/mol. The van der Waals surface area contributed by atoms with Crippen LogP contribution in [0.3, 0.4) is 0 Å². The Bertz CT molecular complexity index is 1110. The molecule has 1 saturated heterocycles. The molecule has 2 atom stereocenters. The van der Waals surface area contributed by atoms with Crippen LogP contribution in [0.15, 0.2) is 35.3 Å². The number of aromatic nitrogens is 4. The summed E-state index contributed by atoms with van der Waals surface area (Å²) in [6.07, 6.45) is 6.41. The summed E-state index contributed by atoms with van der Waals surface area (Å²) >= 11 is 0. The zero-order valence-corrected chi connectivity index (χ0v) is 18.8. The van der Waals surface area contributed by atoms with Gasteiger partial charge < -0.3 is 4.98 Å². The van der Waals surface area contributed by atoms with E-state index in [0.29, 0.717) is 23.3 Å². The molecule has 1 aliphatic carbocycles. The third-order valence-corrected chi connectivity index (χ3v) is 7.24. The second-order valence-electron chi connectivity index (χ2n) is 9.89. The van der Waals surface area contributed by atoms with Crippen LogP contribution < -0.4 is 5.56 Å². The Kier molecular flexibility index (Phi) is 5.42. The maximum absolute atomic E-state index is 12.8. The molecule has 3 aromatic rings. The molecule has 1 aliphatic heterocycles. The van der Waals surface area contributed by atoms with Crippen LogP contribution in [0.4, 0.5) is 0 Å². The number of nitrogens with one attached hydrogen (secondary N) is 1. The van der Waals surface area contributed by atoms with Gasteiger partial charge in [0.15, 0.2) is 5.65 Å². The predicted octanol–water partition coefficient (Wildman–Crippen LogP) is 4.59. The zero-order chi connectivity index (χ0) is 21.5. The molecule has 3 heterocycles. The molecule has 2 aliphatic rings. The molecule has 1 N–H and O–H groups in total. The molecule has 0 radical (unpaired) electrons. The Morgan fingerprint density at radius 2 is 1.87 bits per heavy atom. The number of hydrogen-bond donors (Lipinski definition) is 1. The van der Waals surface area contributed by atoms with Crippen molar-refractivity contribution in [3.63, 3.8) is 0 Å². The summed E-state index contributed by atoms with van der Waals surface area (Å²) < 4.78 is 2.01. The summed E-state index contributed by atoms with van der Waals surface area (Å²) in [4.78, 5) is 23.3. The van der Waals surface area contributed by atoms with Crippen LogP contribution in [0.5, 0.6) is 0 Å². The van der Waals surface area contributed by atoms with Gasteiger partial charge >= 0.3 is 0 Å². The molecule has 2 fully saturated rings. The average Bonchev–Trinajstić information content (AvgIpc) is 3.48. The van der Waals surface area contributed by atoms with Crippen LogP contribution in [0.2, 0.25) is 0 Å². The predicted molar refractivity (Wildman–Crippen MR) is 123 cm³/mol. The minimum Gasteiger partial charge on any atom is -0.310 e. The van der Waals surface area contributed by atoms with E-state index in [4.69, 9.17) is 4.98 Å². The van der Waals surface area contributed by atoms with Gasteiger partial charge in [0, 0.05) is 25.6 Å². The Morgan fingerprint density at radius 1 is 1.13 bits per heavy atom. The number of aromatic amines is 1. The van der Waals surface area contributed by atoms with Crippen molar-refractivity contribution < 1.29 is 0 Å². The van der Waals surface area contributed by atoms with E-state index < -0.39 is 0 Å². The summed E-state index contributed by atoms with van der Waals surface area (Å²) in [5.41, 5.74) is 3.43. The first-order valence-corrected chi connectivity index (χ1v) is 11.8. The lowest BCUT2D eigenvalue weighted by atomic mass is 9.97. The van der Waals surface area contributed by atoms with E-state index in [9.17, 15) is 4.79 Å². The van der Waals surface area contributed by atoms with E-state index in [-0.39, 0.29) is 11.5 Å². The topological polar surface area (TPSA) is 66.8 Å². The van der Waals surface area contributed by atoms with Gasteiger partial charge in [0.2, 0.25) is 0 Å². The van der Waals surface area contributed by atoms with Gasteiger partial charge in [0.05, 0.1) is 12.2 Å². The fourth-order valence-corrected chi connectivity index (χ4v) is 5.36. The lowest BCUT2D eigenvalue weighted by molar-refractivity contribution is 0.318. The van der Waals surface area contributed by atoms with Gasteiger partial charge in [0.1, 0.15) is 11.2 Å². The normalized spacial score (nSPS) is 22.8. The molecule has 2 aromatic heterocycles. The summed E-state index contributed by atoms with van der Waals surface area (Å²) in [6.45, 7) is 9.59. The summed E-state index contributed by atoms with van der Waals surface area (Å²) in [5, 5.41) is 5.15. The minimum absolute atomic E-state index is 0.0563. The number of likely N-dealkylation sites (tertiary alicyclic amines) is 1. The molecule has 1 aromatic carbocycles. The monoisotopic (exact) mass is 419 g/mol. The molecule has 164 valence electrons. The van der Waals surface area contributed by atoms with Gasteiger partial charge in [0.25, 0.3) is 5.56 Å².